The number of ether oxygens (including phenoxy) is 1. The van der Waals surface area contributed by atoms with Gasteiger partial charge in [0.2, 0.25) is 0 Å². The van der Waals surface area contributed by atoms with E-state index in [2.05, 4.69) is 10.3 Å². The van der Waals surface area contributed by atoms with Crippen molar-refractivity contribution in [2.24, 2.45) is 0 Å². The molecule has 0 aliphatic carbocycles. The molecular formula is C21H23N3O2S. The minimum atomic E-state index is -0.149. The largest absolute Gasteiger partial charge is 0.486 e. The summed E-state index contributed by atoms with van der Waals surface area (Å²) in [4.78, 5) is 19.7. The van der Waals surface area contributed by atoms with E-state index in [0.717, 1.165) is 22.1 Å². The van der Waals surface area contributed by atoms with Crippen molar-refractivity contribution in [1.82, 2.24) is 4.98 Å². The molecule has 0 saturated carbocycles. The monoisotopic (exact) mass is 381 g/mol. The number of anilines is 2. The summed E-state index contributed by atoms with van der Waals surface area (Å²) < 4.78 is 5.76. The van der Waals surface area contributed by atoms with Gasteiger partial charge in [0.05, 0.1) is 5.69 Å². The highest BCUT2D eigenvalue weighted by Gasteiger charge is 2.16. The molecular weight excluding hydrogens is 358 g/mol. The van der Waals surface area contributed by atoms with Crippen LogP contribution < -0.4 is 15.0 Å². The number of hydrogen-bond donors (Lipinski definition) is 1. The van der Waals surface area contributed by atoms with E-state index >= 15 is 0 Å². The molecule has 0 unspecified atom stereocenters. The van der Waals surface area contributed by atoms with Crippen LogP contribution in [0.3, 0.4) is 0 Å². The number of nitrogens with zero attached hydrogens (tertiary/aromatic N) is 2. The van der Waals surface area contributed by atoms with Gasteiger partial charge in [0.25, 0.3) is 5.91 Å². The fraction of sp³-hybridized carbons (Fsp3) is 0.238. The van der Waals surface area contributed by atoms with Crippen molar-refractivity contribution in [3.05, 3.63) is 69.7 Å². The number of aromatic nitrogens is 1. The third kappa shape index (κ3) is 4.86. The number of benzene rings is 2. The highest BCUT2D eigenvalue weighted by atomic mass is 32.1. The van der Waals surface area contributed by atoms with Gasteiger partial charge in [-0.15, -0.1) is 11.3 Å². The molecule has 27 heavy (non-hydrogen) atoms. The molecule has 3 aromatic rings. The highest BCUT2D eigenvalue weighted by molar-refractivity contribution is 7.13. The Labute approximate surface area is 163 Å². The van der Waals surface area contributed by atoms with Crippen LogP contribution in [0.15, 0.2) is 48.5 Å². The van der Waals surface area contributed by atoms with Crippen LogP contribution in [0.4, 0.5) is 11.4 Å². The third-order valence-electron chi connectivity index (χ3n) is 4.07. The zero-order chi connectivity index (χ0) is 19.4. The third-order valence-corrected chi connectivity index (χ3v) is 5.20. The maximum absolute atomic E-state index is 12.6. The van der Waals surface area contributed by atoms with Crippen LogP contribution in [-0.2, 0) is 6.61 Å². The lowest BCUT2D eigenvalue weighted by Crippen LogP contribution is -2.12. The Balaban J connectivity index is 1.64. The molecule has 3 rings (SSSR count). The molecule has 0 aliphatic heterocycles. The lowest BCUT2D eigenvalue weighted by molar-refractivity contribution is 0.103. The average Bonchev–Trinajstić information content (AvgIpc) is 3.02. The second-order valence-corrected chi connectivity index (χ2v) is 7.60. The van der Waals surface area contributed by atoms with Gasteiger partial charge in [0, 0.05) is 25.5 Å². The second-order valence-electron chi connectivity index (χ2n) is 6.52. The fourth-order valence-corrected chi connectivity index (χ4v) is 3.41. The summed E-state index contributed by atoms with van der Waals surface area (Å²) in [5.74, 6) is 0.643. The van der Waals surface area contributed by atoms with Gasteiger partial charge >= 0.3 is 0 Å². The molecule has 0 saturated heterocycles. The number of amides is 1. The number of hydrogen-bond acceptors (Lipinski definition) is 5. The van der Waals surface area contributed by atoms with Crippen molar-refractivity contribution < 1.29 is 9.53 Å². The zero-order valence-corrected chi connectivity index (χ0v) is 16.8. The number of carbonyl (C=O) groups is 1. The van der Waals surface area contributed by atoms with Gasteiger partial charge in [-0.1, -0.05) is 17.7 Å². The van der Waals surface area contributed by atoms with Gasteiger partial charge in [-0.05, 0) is 50.2 Å². The number of carbonyl (C=O) groups excluding carboxylic acids is 1. The molecule has 0 atom stereocenters. The van der Waals surface area contributed by atoms with E-state index in [4.69, 9.17) is 4.74 Å². The predicted molar refractivity (Wildman–Crippen MR) is 111 cm³/mol. The fourth-order valence-electron chi connectivity index (χ4n) is 2.54. The zero-order valence-electron chi connectivity index (χ0n) is 15.9. The first-order valence-electron chi connectivity index (χ1n) is 8.67. The smallest absolute Gasteiger partial charge is 0.267 e. The SMILES string of the molecule is Cc1ccc(OCc2nc(C)c(C(=O)Nc3ccc(N(C)C)cc3)s2)cc1. The number of thiazole rings is 1. The van der Waals surface area contributed by atoms with Crippen LogP contribution in [0, 0.1) is 13.8 Å². The molecule has 5 nitrogen and oxygen atoms in total. The van der Waals surface area contributed by atoms with Crippen LogP contribution in [-0.4, -0.2) is 25.0 Å². The van der Waals surface area contributed by atoms with E-state index in [9.17, 15) is 4.79 Å². The number of rotatable bonds is 6. The van der Waals surface area contributed by atoms with Crippen molar-refractivity contribution in [3.8, 4) is 5.75 Å². The molecule has 0 aliphatic rings. The van der Waals surface area contributed by atoms with Crippen molar-refractivity contribution in [2.45, 2.75) is 20.5 Å². The molecule has 2 aromatic carbocycles. The van der Waals surface area contributed by atoms with E-state index in [0.29, 0.717) is 17.2 Å². The van der Waals surface area contributed by atoms with Crippen molar-refractivity contribution in [2.75, 3.05) is 24.3 Å². The van der Waals surface area contributed by atoms with Gasteiger partial charge < -0.3 is 15.0 Å². The van der Waals surface area contributed by atoms with E-state index in [1.165, 1.54) is 16.9 Å². The summed E-state index contributed by atoms with van der Waals surface area (Å²) >= 11 is 1.36. The summed E-state index contributed by atoms with van der Waals surface area (Å²) in [6.07, 6.45) is 0. The van der Waals surface area contributed by atoms with Gasteiger partial charge in [-0.25, -0.2) is 4.98 Å². The molecule has 140 valence electrons. The first-order valence-corrected chi connectivity index (χ1v) is 9.48. The predicted octanol–water partition coefficient (Wildman–Crippen LogP) is 4.66. The normalized spacial score (nSPS) is 10.5. The molecule has 1 aromatic heterocycles. The number of aryl methyl sites for hydroxylation is 2. The van der Waals surface area contributed by atoms with E-state index < -0.39 is 0 Å². The summed E-state index contributed by atoms with van der Waals surface area (Å²) in [5.41, 5.74) is 3.74. The first-order chi connectivity index (χ1) is 12.9. The number of nitrogens with one attached hydrogen (secondary N) is 1. The Morgan fingerprint density at radius 2 is 1.74 bits per heavy atom. The lowest BCUT2D eigenvalue weighted by Gasteiger charge is -2.12. The summed E-state index contributed by atoms with van der Waals surface area (Å²) in [6.45, 7) is 4.22. The summed E-state index contributed by atoms with van der Waals surface area (Å²) in [7, 11) is 3.96. The van der Waals surface area contributed by atoms with Gasteiger partial charge in [0.1, 0.15) is 22.2 Å². The Morgan fingerprint density at radius 1 is 1.07 bits per heavy atom. The maximum atomic E-state index is 12.6. The van der Waals surface area contributed by atoms with Gasteiger partial charge in [0.15, 0.2) is 0 Å². The Hall–Kier alpha value is -2.86. The van der Waals surface area contributed by atoms with Crippen LogP contribution in [0.2, 0.25) is 0 Å². The minimum absolute atomic E-state index is 0.149. The molecule has 0 fully saturated rings. The molecule has 0 bridgehead atoms. The van der Waals surface area contributed by atoms with Crippen molar-refractivity contribution >= 4 is 28.6 Å². The molecule has 1 N–H and O–H groups in total. The maximum Gasteiger partial charge on any atom is 0.267 e. The molecule has 0 spiro atoms. The van der Waals surface area contributed by atoms with E-state index in [1.54, 1.807) is 0 Å². The van der Waals surface area contributed by atoms with E-state index in [1.807, 2.05) is 81.4 Å². The molecule has 0 radical (unpaired) electrons. The quantitative estimate of drug-likeness (QED) is 0.675. The Morgan fingerprint density at radius 3 is 2.37 bits per heavy atom. The second kappa shape index (κ2) is 8.22. The first kappa shape index (κ1) is 18.9. The standard InChI is InChI=1S/C21H23N3O2S/c1-14-5-11-18(12-6-14)26-13-19-22-15(2)20(27-19)21(25)23-16-7-9-17(10-8-16)24(3)4/h5-12H,13H2,1-4H3,(H,23,25). The summed E-state index contributed by atoms with van der Waals surface area (Å²) in [6, 6.07) is 15.6. The molecule has 1 amide bonds. The Kier molecular flexibility index (Phi) is 5.76. The molecule has 1 heterocycles. The van der Waals surface area contributed by atoms with E-state index in [-0.39, 0.29) is 5.91 Å². The minimum Gasteiger partial charge on any atom is -0.486 e. The summed E-state index contributed by atoms with van der Waals surface area (Å²) in [5, 5.41) is 3.71. The van der Waals surface area contributed by atoms with Crippen LogP contribution in [0.1, 0.15) is 25.9 Å². The van der Waals surface area contributed by atoms with Crippen LogP contribution in [0.5, 0.6) is 5.75 Å². The lowest BCUT2D eigenvalue weighted by atomic mass is 10.2. The average molecular weight is 382 g/mol. The van der Waals surface area contributed by atoms with Crippen molar-refractivity contribution in [1.29, 1.82) is 0 Å². The van der Waals surface area contributed by atoms with Gasteiger partial charge in [-0.2, -0.15) is 0 Å². The molecule has 6 heteroatoms. The highest BCUT2D eigenvalue weighted by Crippen LogP contribution is 2.23. The Bertz CT molecular complexity index is 916. The van der Waals surface area contributed by atoms with Crippen molar-refractivity contribution in [3.63, 3.8) is 0 Å². The van der Waals surface area contributed by atoms with Gasteiger partial charge in [-0.3, -0.25) is 4.79 Å². The topological polar surface area (TPSA) is 54.5 Å². The van der Waals surface area contributed by atoms with Crippen LogP contribution in [0.25, 0.3) is 0 Å². The van der Waals surface area contributed by atoms with Crippen LogP contribution >= 0.6 is 11.3 Å².